The number of nitrogens with zero attached hydrogens (tertiary/aromatic N) is 1. The zero-order valence-corrected chi connectivity index (χ0v) is 21.4. The number of hydrogen-bond acceptors (Lipinski definition) is 8. The molecule has 0 aliphatic rings. The second kappa shape index (κ2) is 13.6. The number of benzene rings is 2. The summed E-state index contributed by atoms with van der Waals surface area (Å²) in [4.78, 5) is 35.0. The number of nitro groups is 1. The van der Waals surface area contributed by atoms with Crippen LogP contribution in [0.25, 0.3) is 0 Å². The van der Waals surface area contributed by atoms with Crippen molar-refractivity contribution in [2.45, 2.75) is 44.8 Å². The van der Waals surface area contributed by atoms with Gasteiger partial charge < -0.3 is 24.6 Å². The minimum absolute atomic E-state index is 0.0330. The highest BCUT2D eigenvalue weighted by Gasteiger charge is 2.23. The average Bonchev–Trinajstić information content (AvgIpc) is 2.82. The van der Waals surface area contributed by atoms with E-state index in [9.17, 15) is 24.8 Å². The van der Waals surface area contributed by atoms with E-state index in [1.54, 1.807) is 0 Å². The fourth-order valence-corrected chi connectivity index (χ4v) is 3.67. The Balaban J connectivity index is 1.96. The van der Waals surface area contributed by atoms with E-state index in [2.05, 4.69) is 21.2 Å². The predicted octanol–water partition coefficient (Wildman–Crippen LogP) is 3.87. The van der Waals surface area contributed by atoms with Gasteiger partial charge in [-0.2, -0.15) is 0 Å². The SMILES string of the molecule is COC(=O)C[C@H](Cc1ccc(Br)cc1)NC(=O)CCCOc1cc([N+](=O)[O-])c(C(C)O)cc1OC. The second-order valence-corrected chi connectivity index (χ2v) is 8.74. The third-order valence-electron chi connectivity index (χ3n) is 5.17. The Bertz CT molecular complexity index is 1030. The Morgan fingerprint density at radius 2 is 1.86 bits per heavy atom. The molecular weight excluding hydrogens is 524 g/mol. The summed E-state index contributed by atoms with van der Waals surface area (Å²) in [6.45, 7) is 1.52. The molecule has 190 valence electrons. The molecule has 0 bridgehead atoms. The molecule has 0 saturated heterocycles. The van der Waals surface area contributed by atoms with Crippen LogP contribution >= 0.6 is 15.9 Å². The van der Waals surface area contributed by atoms with E-state index < -0.39 is 23.0 Å². The lowest BCUT2D eigenvalue weighted by molar-refractivity contribution is -0.386. The Kier molecular flexibility index (Phi) is 10.9. The monoisotopic (exact) mass is 552 g/mol. The first-order valence-corrected chi connectivity index (χ1v) is 11.7. The number of carbonyl (C=O) groups is 2. The topological polar surface area (TPSA) is 137 Å². The maximum Gasteiger partial charge on any atom is 0.307 e. The van der Waals surface area contributed by atoms with E-state index in [0.717, 1.165) is 10.0 Å². The molecule has 0 heterocycles. The van der Waals surface area contributed by atoms with Crippen molar-refractivity contribution in [3.8, 4) is 11.5 Å². The molecule has 0 aliphatic carbocycles. The first-order chi connectivity index (χ1) is 16.6. The number of amides is 1. The molecule has 1 amide bonds. The van der Waals surface area contributed by atoms with Gasteiger partial charge in [-0.25, -0.2) is 0 Å². The molecule has 0 radical (unpaired) electrons. The number of ether oxygens (including phenoxy) is 3. The number of aliphatic hydroxyl groups is 1. The number of esters is 1. The summed E-state index contributed by atoms with van der Waals surface area (Å²) in [5, 5.41) is 24.0. The molecule has 0 saturated carbocycles. The highest BCUT2D eigenvalue weighted by molar-refractivity contribution is 9.10. The molecule has 35 heavy (non-hydrogen) atoms. The lowest BCUT2D eigenvalue weighted by Crippen LogP contribution is -2.38. The summed E-state index contributed by atoms with van der Waals surface area (Å²) in [6, 6.07) is 9.71. The quantitative estimate of drug-likeness (QED) is 0.165. The van der Waals surface area contributed by atoms with Crippen molar-refractivity contribution in [1.82, 2.24) is 5.32 Å². The molecule has 2 N–H and O–H groups in total. The van der Waals surface area contributed by atoms with Crippen LogP contribution in [0.5, 0.6) is 11.5 Å². The number of hydrogen-bond donors (Lipinski definition) is 2. The van der Waals surface area contributed by atoms with E-state index in [-0.39, 0.29) is 48.1 Å². The molecule has 2 aromatic carbocycles. The standard InChI is InChI=1S/C24H29BrN2O8/c1-15(28)19-13-21(33-2)22(14-20(19)27(31)32)35-10-4-5-23(29)26-18(12-24(30)34-3)11-16-6-8-17(25)9-7-16/h6-9,13-15,18,28H,4-5,10-12H2,1-3H3,(H,26,29)/t15?,18-/m0/s1. The van der Waals surface area contributed by atoms with E-state index in [4.69, 9.17) is 14.2 Å². The van der Waals surface area contributed by atoms with Gasteiger partial charge in [-0.15, -0.1) is 0 Å². The van der Waals surface area contributed by atoms with Crippen LogP contribution in [0.15, 0.2) is 40.9 Å². The highest BCUT2D eigenvalue weighted by atomic mass is 79.9. The van der Waals surface area contributed by atoms with Crippen molar-refractivity contribution in [2.24, 2.45) is 0 Å². The maximum absolute atomic E-state index is 12.5. The molecule has 0 aromatic heterocycles. The molecule has 0 spiro atoms. The smallest absolute Gasteiger partial charge is 0.307 e. The van der Waals surface area contributed by atoms with Gasteiger partial charge in [0.15, 0.2) is 11.5 Å². The molecule has 2 rings (SSSR count). The first-order valence-electron chi connectivity index (χ1n) is 10.9. The lowest BCUT2D eigenvalue weighted by Gasteiger charge is -2.18. The van der Waals surface area contributed by atoms with Gasteiger partial charge in [0.1, 0.15) is 0 Å². The molecule has 11 heteroatoms. The van der Waals surface area contributed by atoms with Crippen molar-refractivity contribution in [3.05, 3.63) is 62.1 Å². The highest BCUT2D eigenvalue weighted by Crippen LogP contribution is 2.37. The third-order valence-corrected chi connectivity index (χ3v) is 5.70. The summed E-state index contributed by atoms with van der Waals surface area (Å²) < 4.78 is 16.5. The fourth-order valence-electron chi connectivity index (χ4n) is 3.41. The molecule has 10 nitrogen and oxygen atoms in total. The molecule has 0 aliphatic heterocycles. The number of carbonyl (C=O) groups excluding carboxylic acids is 2. The van der Waals surface area contributed by atoms with Crippen LogP contribution in [0, 0.1) is 10.1 Å². The molecule has 2 aromatic rings. The zero-order chi connectivity index (χ0) is 26.0. The zero-order valence-electron chi connectivity index (χ0n) is 19.8. The van der Waals surface area contributed by atoms with Crippen LogP contribution in [0.4, 0.5) is 5.69 Å². The van der Waals surface area contributed by atoms with Gasteiger partial charge in [0, 0.05) is 16.9 Å². The van der Waals surface area contributed by atoms with Crippen molar-refractivity contribution in [2.75, 3.05) is 20.8 Å². The van der Waals surface area contributed by atoms with Gasteiger partial charge in [0.25, 0.3) is 5.69 Å². The Morgan fingerprint density at radius 3 is 2.43 bits per heavy atom. The van der Waals surface area contributed by atoms with Crippen molar-refractivity contribution < 1.29 is 33.8 Å². The number of nitro benzene ring substituents is 1. The van der Waals surface area contributed by atoms with Crippen molar-refractivity contribution >= 4 is 33.5 Å². The van der Waals surface area contributed by atoms with E-state index in [0.29, 0.717) is 12.8 Å². The van der Waals surface area contributed by atoms with Crippen LogP contribution in [-0.2, 0) is 20.7 Å². The summed E-state index contributed by atoms with van der Waals surface area (Å²) in [7, 11) is 2.69. The number of halogens is 1. The van der Waals surface area contributed by atoms with Gasteiger partial charge in [-0.3, -0.25) is 19.7 Å². The van der Waals surface area contributed by atoms with Crippen LogP contribution < -0.4 is 14.8 Å². The van der Waals surface area contributed by atoms with Gasteiger partial charge in [0.2, 0.25) is 5.91 Å². The summed E-state index contributed by atoms with van der Waals surface area (Å²) in [5.74, 6) is -0.307. The van der Waals surface area contributed by atoms with E-state index in [1.165, 1.54) is 33.3 Å². The van der Waals surface area contributed by atoms with Crippen LogP contribution in [0.2, 0.25) is 0 Å². The largest absolute Gasteiger partial charge is 0.493 e. The van der Waals surface area contributed by atoms with Gasteiger partial charge in [-0.05, 0) is 43.5 Å². The Hall–Kier alpha value is -3.18. The number of nitrogens with one attached hydrogen (secondary N) is 1. The number of aliphatic hydroxyl groups excluding tert-OH is 1. The van der Waals surface area contributed by atoms with E-state index in [1.807, 2.05) is 24.3 Å². The summed E-state index contributed by atoms with van der Waals surface area (Å²) >= 11 is 3.38. The normalized spacial score (nSPS) is 12.4. The molecule has 1 unspecified atom stereocenters. The van der Waals surface area contributed by atoms with Crippen molar-refractivity contribution in [3.63, 3.8) is 0 Å². The fraction of sp³-hybridized carbons (Fsp3) is 0.417. The Morgan fingerprint density at radius 1 is 1.17 bits per heavy atom. The predicted molar refractivity (Wildman–Crippen MR) is 131 cm³/mol. The van der Waals surface area contributed by atoms with Gasteiger partial charge in [0.05, 0.1) is 49.9 Å². The molecular formula is C24H29BrN2O8. The molecule has 0 fully saturated rings. The first kappa shape index (κ1) is 28.1. The van der Waals surface area contributed by atoms with Crippen LogP contribution in [0.1, 0.15) is 43.4 Å². The van der Waals surface area contributed by atoms with Gasteiger partial charge in [-0.1, -0.05) is 28.1 Å². The third kappa shape index (κ3) is 8.84. The molecule has 2 atom stereocenters. The lowest BCUT2D eigenvalue weighted by atomic mass is 10.0. The number of methoxy groups -OCH3 is 2. The number of rotatable bonds is 13. The van der Waals surface area contributed by atoms with Gasteiger partial charge >= 0.3 is 5.97 Å². The summed E-state index contributed by atoms with van der Waals surface area (Å²) in [6.07, 6.45) is -0.123. The minimum Gasteiger partial charge on any atom is -0.493 e. The average molecular weight is 553 g/mol. The second-order valence-electron chi connectivity index (χ2n) is 7.82. The van der Waals surface area contributed by atoms with Crippen LogP contribution in [0.3, 0.4) is 0 Å². The Labute approximate surface area is 211 Å². The minimum atomic E-state index is -1.06. The van der Waals surface area contributed by atoms with Crippen LogP contribution in [-0.4, -0.2) is 48.8 Å². The summed E-state index contributed by atoms with van der Waals surface area (Å²) in [5.41, 5.74) is 0.785. The van der Waals surface area contributed by atoms with Crippen molar-refractivity contribution in [1.29, 1.82) is 0 Å². The van der Waals surface area contributed by atoms with E-state index >= 15 is 0 Å². The maximum atomic E-state index is 12.5.